The van der Waals surface area contributed by atoms with Gasteiger partial charge in [-0.25, -0.2) is 4.98 Å². The van der Waals surface area contributed by atoms with Gasteiger partial charge in [-0.1, -0.05) is 33.8 Å². The van der Waals surface area contributed by atoms with Crippen molar-refractivity contribution in [2.24, 2.45) is 0 Å². The van der Waals surface area contributed by atoms with E-state index in [1.54, 1.807) is 11.3 Å². The van der Waals surface area contributed by atoms with Gasteiger partial charge in [-0.15, -0.1) is 11.3 Å². The van der Waals surface area contributed by atoms with E-state index < -0.39 is 0 Å². The van der Waals surface area contributed by atoms with Gasteiger partial charge in [0.25, 0.3) is 0 Å². The summed E-state index contributed by atoms with van der Waals surface area (Å²) in [5.74, 6) is 1.61. The number of hydrogen-bond acceptors (Lipinski definition) is 7. The number of anilines is 1. The van der Waals surface area contributed by atoms with Gasteiger partial charge >= 0.3 is 0 Å². The number of carbonyl (C=O) groups excluding carboxylic acids is 1. The van der Waals surface area contributed by atoms with Crippen LogP contribution in [-0.2, 0) is 16.6 Å². The molecule has 1 aromatic heterocycles. The van der Waals surface area contributed by atoms with Crippen molar-refractivity contribution in [1.82, 2.24) is 14.8 Å². The Morgan fingerprint density at radius 1 is 1.12 bits per heavy atom. The van der Waals surface area contributed by atoms with Gasteiger partial charge in [0.15, 0.2) is 16.6 Å². The molecule has 0 bridgehead atoms. The highest BCUT2D eigenvalue weighted by Crippen LogP contribution is 2.37. The fourth-order valence-corrected chi connectivity index (χ4v) is 5.34. The number of likely N-dealkylation sites (N-methyl/N-ethyl adjacent to an activating group) is 1. The molecule has 1 N–H and O–H groups in total. The lowest BCUT2D eigenvalue weighted by Gasteiger charge is -2.33. The maximum absolute atomic E-state index is 12.6. The maximum Gasteiger partial charge on any atom is 0.231 e. The third-order valence-corrected chi connectivity index (χ3v) is 6.99. The summed E-state index contributed by atoms with van der Waals surface area (Å²) in [5.41, 5.74) is 2.07. The molecular formula is C24H34N4O3S. The summed E-state index contributed by atoms with van der Waals surface area (Å²) in [5, 5.41) is 3.74. The number of rotatable bonds is 7. The minimum Gasteiger partial charge on any atom is -0.454 e. The average Bonchev–Trinajstić information content (AvgIpc) is 3.39. The summed E-state index contributed by atoms with van der Waals surface area (Å²) >= 11 is 1.57. The van der Waals surface area contributed by atoms with Crippen molar-refractivity contribution in [2.45, 2.75) is 46.0 Å². The van der Waals surface area contributed by atoms with E-state index in [1.165, 1.54) is 4.88 Å². The second-order valence-corrected chi connectivity index (χ2v) is 10.6. The van der Waals surface area contributed by atoms with Crippen LogP contribution in [0.2, 0.25) is 0 Å². The van der Waals surface area contributed by atoms with Crippen LogP contribution in [0.3, 0.4) is 0 Å². The molecule has 0 unspecified atom stereocenters. The highest BCUT2D eigenvalue weighted by Gasteiger charge is 2.25. The molecule has 32 heavy (non-hydrogen) atoms. The van der Waals surface area contributed by atoms with Gasteiger partial charge in [-0.05, 0) is 24.2 Å². The van der Waals surface area contributed by atoms with Crippen LogP contribution in [0.15, 0.2) is 18.2 Å². The zero-order chi connectivity index (χ0) is 22.7. The van der Waals surface area contributed by atoms with E-state index in [0.717, 1.165) is 68.4 Å². The molecule has 2 aliphatic rings. The lowest BCUT2D eigenvalue weighted by Crippen LogP contribution is -2.46. The predicted octanol–water partition coefficient (Wildman–Crippen LogP) is 3.73. The lowest BCUT2D eigenvalue weighted by atomic mass is 9.90. The van der Waals surface area contributed by atoms with Gasteiger partial charge in [0.2, 0.25) is 12.7 Å². The van der Waals surface area contributed by atoms with E-state index >= 15 is 0 Å². The molecule has 0 radical (unpaired) electrons. The highest BCUT2D eigenvalue weighted by atomic mass is 32.1. The van der Waals surface area contributed by atoms with Crippen molar-refractivity contribution < 1.29 is 14.3 Å². The Morgan fingerprint density at radius 2 is 1.84 bits per heavy atom. The smallest absolute Gasteiger partial charge is 0.231 e. The minimum absolute atomic E-state index is 0.0340. The van der Waals surface area contributed by atoms with Crippen molar-refractivity contribution in [1.29, 1.82) is 0 Å². The summed E-state index contributed by atoms with van der Waals surface area (Å²) in [6, 6.07) is 6.06. The second-order valence-electron chi connectivity index (χ2n) is 9.48. The Bertz CT molecular complexity index is 945. The van der Waals surface area contributed by atoms with Crippen LogP contribution in [0.5, 0.6) is 11.5 Å². The van der Waals surface area contributed by atoms with Gasteiger partial charge in [0.1, 0.15) is 0 Å². The Labute approximate surface area is 194 Å². The Balaban J connectivity index is 1.39. The number of ether oxygens (including phenoxy) is 2. The molecule has 3 heterocycles. The normalized spacial score (nSPS) is 17.0. The van der Waals surface area contributed by atoms with Gasteiger partial charge in [-0.2, -0.15) is 0 Å². The van der Waals surface area contributed by atoms with Crippen molar-refractivity contribution >= 4 is 22.4 Å². The zero-order valence-electron chi connectivity index (χ0n) is 19.6. The number of aromatic nitrogens is 1. The molecule has 7 nitrogen and oxygen atoms in total. The standard InChI is InChI=1S/C24H34N4O3S/c1-5-27-10-12-28(13-11-27)9-8-21(29)25-23-26-22(24(2,3)4)20(32-23)15-17-6-7-18-19(14-17)31-16-30-18/h6-7,14H,5,8-13,15-16H2,1-4H3,(H,25,26,29). The maximum atomic E-state index is 12.6. The summed E-state index contributed by atoms with van der Waals surface area (Å²) in [6.07, 6.45) is 1.24. The van der Waals surface area contributed by atoms with Gasteiger partial charge in [0, 0.05) is 55.9 Å². The number of nitrogens with one attached hydrogen (secondary N) is 1. The first-order valence-electron chi connectivity index (χ1n) is 11.4. The topological polar surface area (TPSA) is 66.9 Å². The molecule has 4 rings (SSSR count). The molecule has 0 atom stereocenters. The van der Waals surface area contributed by atoms with Crippen LogP contribution in [0.4, 0.5) is 5.13 Å². The molecule has 8 heteroatoms. The molecule has 1 amide bonds. The SMILES string of the molecule is CCN1CCN(CCC(=O)Nc2nc(C(C)(C)C)c(Cc3ccc4c(c3)OCO4)s2)CC1. The monoisotopic (exact) mass is 458 g/mol. The molecule has 1 fully saturated rings. The van der Waals surface area contributed by atoms with E-state index in [4.69, 9.17) is 14.5 Å². The Morgan fingerprint density at radius 3 is 2.56 bits per heavy atom. The number of thiazole rings is 1. The molecular weight excluding hydrogens is 424 g/mol. The van der Waals surface area contributed by atoms with Crippen molar-refractivity contribution in [2.75, 3.05) is 51.4 Å². The first-order chi connectivity index (χ1) is 15.3. The first-order valence-corrected chi connectivity index (χ1v) is 12.3. The van der Waals surface area contributed by atoms with Crippen LogP contribution in [0, 0.1) is 0 Å². The highest BCUT2D eigenvalue weighted by molar-refractivity contribution is 7.15. The van der Waals surface area contributed by atoms with Gasteiger partial charge in [0.05, 0.1) is 5.69 Å². The van der Waals surface area contributed by atoms with Crippen LogP contribution >= 0.6 is 11.3 Å². The Hall–Kier alpha value is -2.16. The van der Waals surface area contributed by atoms with Crippen molar-refractivity contribution in [3.05, 3.63) is 34.3 Å². The van der Waals surface area contributed by atoms with E-state index in [9.17, 15) is 4.79 Å². The van der Waals surface area contributed by atoms with E-state index in [2.05, 4.69) is 48.9 Å². The number of nitrogens with zero attached hydrogens (tertiary/aromatic N) is 3. The lowest BCUT2D eigenvalue weighted by molar-refractivity contribution is -0.116. The van der Waals surface area contributed by atoms with Gasteiger partial charge in [-0.3, -0.25) is 4.79 Å². The number of benzene rings is 1. The molecule has 0 saturated carbocycles. The van der Waals surface area contributed by atoms with Crippen LogP contribution in [-0.4, -0.2) is 66.8 Å². The minimum atomic E-state index is -0.107. The number of hydrogen-bond donors (Lipinski definition) is 1. The third kappa shape index (κ3) is 5.60. The molecule has 2 aromatic rings. The first kappa shape index (κ1) is 23.0. The summed E-state index contributed by atoms with van der Waals surface area (Å²) in [4.78, 5) is 23.4. The fourth-order valence-electron chi connectivity index (χ4n) is 4.12. The summed E-state index contributed by atoms with van der Waals surface area (Å²) in [6.45, 7) is 15.1. The summed E-state index contributed by atoms with van der Waals surface area (Å²) < 4.78 is 10.9. The summed E-state index contributed by atoms with van der Waals surface area (Å²) in [7, 11) is 0. The Kier molecular flexibility index (Phi) is 7.02. The van der Waals surface area contributed by atoms with E-state index in [1.807, 2.05) is 12.1 Å². The van der Waals surface area contributed by atoms with Crippen LogP contribution in [0.25, 0.3) is 0 Å². The van der Waals surface area contributed by atoms with Crippen LogP contribution < -0.4 is 14.8 Å². The van der Waals surface area contributed by atoms with Crippen molar-refractivity contribution in [3.8, 4) is 11.5 Å². The fraction of sp³-hybridized carbons (Fsp3) is 0.583. The van der Waals surface area contributed by atoms with Crippen molar-refractivity contribution in [3.63, 3.8) is 0 Å². The molecule has 174 valence electrons. The molecule has 0 spiro atoms. The predicted molar refractivity (Wildman–Crippen MR) is 128 cm³/mol. The molecule has 1 saturated heterocycles. The van der Waals surface area contributed by atoms with E-state index in [-0.39, 0.29) is 18.1 Å². The zero-order valence-corrected chi connectivity index (χ0v) is 20.4. The third-order valence-electron chi connectivity index (χ3n) is 6.02. The quantitative estimate of drug-likeness (QED) is 0.682. The molecule has 0 aliphatic carbocycles. The number of piperazine rings is 1. The average molecular weight is 459 g/mol. The number of carbonyl (C=O) groups is 1. The molecule has 2 aliphatic heterocycles. The second kappa shape index (κ2) is 9.77. The number of fused-ring (bicyclic) bond motifs is 1. The van der Waals surface area contributed by atoms with Gasteiger partial charge < -0.3 is 24.6 Å². The number of amides is 1. The van der Waals surface area contributed by atoms with E-state index in [0.29, 0.717) is 11.6 Å². The van der Waals surface area contributed by atoms with Crippen LogP contribution in [0.1, 0.15) is 50.3 Å². The molecule has 1 aromatic carbocycles. The largest absolute Gasteiger partial charge is 0.454 e.